The molecule has 1 aliphatic heterocycles. The lowest BCUT2D eigenvalue weighted by atomic mass is 10.1. The molecule has 3 aromatic rings. The van der Waals surface area contributed by atoms with Crippen LogP contribution in [-0.2, 0) is 0 Å². The molecule has 0 amide bonds. The van der Waals surface area contributed by atoms with Crippen molar-refractivity contribution in [1.82, 2.24) is 24.4 Å². The molecule has 1 fully saturated rings. The second-order valence-electron chi connectivity index (χ2n) is 5.88. The fraction of sp³-hybridized carbons (Fsp3) is 0.375. The number of fused-ring (bicyclic) bond motifs is 1. The van der Waals surface area contributed by atoms with Crippen molar-refractivity contribution in [3.05, 3.63) is 41.1 Å². The Hall–Kier alpha value is -2.12. The van der Waals surface area contributed by atoms with Crippen molar-refractivity contribution in [2.45, 2.75) is 18.9 Å². The van der Waals surface area contributed by atoms with Crippen LogP contribution in [0.3, 0.4) is 0 Å². The second-order valence-corrected chi connectivity index (χ2v) is 6.86. The van der Waals surface area contributed by atoms with Gasteiger partial charge in [0.05, 0.1) is 12.0 Å². The summed E-state index contributed by atoms with van der Waals surface area (Å²) in [6.45, 7) is 2.01. The SMILES string of the molecule is CN1CCC(n2cnc3sc(-c4ccccn4)nc3c2=O)CC1. The van der Waals surface area contributed by atoms with Crippen LogP contribution in [0.15, 0.2) is 35.5 Å². The first kappa shape index (κ1) is 14.5. The summed E-state index contributed by atoms with van der Waals surface area (Å²) in [7, 11) is 2.11. The second kappa shape index (κ2) is 5.82. The molecule has 4 heterocycles. The zero-order valence-electron chi connectivity index (χ0n) is 12.8. The van der Waals surface area contributed by atoms with Crippen molar-refractivity contribution < 1.29 is 0 Å². The number of piperidine rings is 1. The molecule has 0 aliphatic carbocycles. The lowest BCUT2D eigenvalue weighted by Crippen LogP contribution is -2.35. The Morgan fingerprint density at radius 2 is 2.04 bits per heavy atom. The highest BCUT2D eigenvalue weighted by Crippen LogP contribution is 2.26. The standard InChI is InChI=1S/C16H17N5OS/c1-20-8-5-11(6-9-20)21-10-18-15-13(16(21)22)19-14(23-15)12-4-2-3-7-17-12/h2-4,7,10-11H,5-6,8-9H2,1H3. The maximum Gasteiger partial charge on any atom is 0.281 e. The van der Waals surface area contributed by atoms with Crippen LogP contribution in [0.4, 0.5) is 0 Å². The van der Waals surface area contributed by atoms with Gasteiger partial charge in [-0.25, -0.2) is 9.97 Å². The van der Waals surface area contributed by atoms with Crippen LogP contribution in [0.1, 0.15) is 18.9 Å². The van der Waals surface area contributed by atoms with E-state index in [1.807, 2.05) is 18.2 Å². The summed E-state index contributed by atoms with van der Waals surface area (Å²) in [5.74, 6) is 0. The van der Waals surface area contributed by atoms with E-state index in [2.05, 4.69) is 26.9 Å². The van der Waals surface area contributed by atoms with Gasteiger partial charge >= 0.3 is 0 Å². The van der Waals surface area contributed by atoms with E-state index in [0.717, 1.165) is 36.6 Å². The summed E-state index contributed by atoms with van der Waals surface area (Å²) in [5, 5.41) is 0.742. The Bertz CT molecular complexity index is 880. The number of rotatable bonds is 2. The van der Waals surface area contributed by atoms with E-state index in [-0.39, 0.29) is 11.6 Å². The van der Waals surface area contributed by atoms with Gasteiger partial charge in [-0.2, -0.15) is 0 Å². The first-order valence-electron chi connectivity index (χ1n) is 7.70. The maximum atomic E-state index is 12.8. The summed E-state index contributed by atoms with van der Waals surface area (Å²) >= 11 is 1.41. The fourth-order valence-corrected chi connectivity index (χ4v) is 3.84. The van der Waals surface area contributed by atoms with E-state index in [1.165, 1.54) is 11.3 Å². The summed E-state index contributed by atoms with van der Waals surface area (Å²) in [5.41, 5.74) is 1.20. The number of nitrogens with zero attached hydrogens (tertiary/aromatic N) is 5. The van der Waals surface area contributed by atoms with Gasteiger partial charge in [-0.1, -0.05) is 17.4 Å². The zero-order valence-corrected chi connectivity index (χ0v) is 13.7. The van der Waals surface area contributed by atoms with Crippen LogP contribution in [0.5, 0.6) is 0 Å². The van der Waals surface area contributed by atoms with Crippen LogP contribution < -0.4 is 5.56 Å². The third-order valence-corrected chi connectivity index (χ3v) is 5.30. The van der Waals surface area contributed by atoms with Gasteiger partial charge in [-0.05, 0) is 45.1 Å². The van der Waals surface area contributed by atoms with Crippen molar-refractivity contribution >= 4 is 21.7 Å². The van der Waals surface area contributed by atoms with Crippen molar-refractivity contribution in [3.8, 4) is 10.7 Å². The number of hydrogen-bond acceptors (Lipinski definition) is 6. The lowest BCUT2D eigenvalue weighted by molar-refractivity contribution is 0.218. The third-order valence-electron chi connectivity index (χ3n) is 4.31. The van der Waals surface area contributed by atoms with E-state index in [1.54, 1.807) is 17.1 Å². The first-order chi connectivity index (χ1) is 11.2. The third kappa shape index (κ3) is 2.66. The normalized spacial score (nSPS) is 16.9. The monoisotopic (exact) mass is 327 g/mol. The summed E-state index contributed by atoms with van der Waals surface area (Å²) in [6.07, 6.45) is 5.36. The highest BCUT2D eigenvalue weighted by molar-refractivity contribution is 7.21. The van der Waals surface area contributed by atoms with Gasteiger partial charge in [0.15, 0.2) is 10.3 Å². The van der Waals surface area contributed by atoms with Crippen LogP contribution >= 0.6 is 11.3 Å². The Balaban J connectivity index is 1.75. The molecular weight excluding hydrogens is 310 g/mol. The molecule has 0 bridgehead atoms. The van der Waals surface area contributed by atoms with Gasteiger partial charge in [-0.15, -0.1) is 0 Å². The minimum absolute atomic E-state index is 0.0389. The Morgan fingerprint density at radius 1 is 1.22 bits per heavy atom. The van der Waals surface area contributed by atoms with Gasteiger partial charge in [0, 0.05) is 12.2 Å². The first-order valence-corrected chi connectivity index (χ1v) is 8.51. The molecule has 6 nitrogen and oxygen atoms in total. The molecule has 0 saturated carbocycles. The van der Waals surface area contributed by atoms with E-state index < -0.39 is 0 Å². The predicted octanol–water partition coefficient (Wildman–Crippen LogP) is 2.18. The minimum atomic E-state index is -0.0389. The van der Waals surface area contributed by atoms with E-state index in [0.29, 0.717) is 10.3 Å². The van der Waals surface area contributed by atoms with E-state index >= 15 is 0 Å². The van der Waals surface area contributed by atoms with Gasteiger partial charge in [0.2, 0.25) is 0 Å². The molecule has 0 N–H and O–H groups in total. The largest absolute Gasteiger partial charge is 0.306 e. The highest BCUT2D eigenvalue weighted by Gasteiger charge is 2.21. The predicted molar refractivity (Wildman–Crippen MR) is 90.7 cm³/mol. The zero-order chi connectivity index (χ0) is 15.8. The molecule has 0 spiro atoms. The molecule has 3 aromatic heterocycles. The van der Waals surface area contributed by atoms with Crippen molar-refractivity contribution in [3.63, 3.8) is 0 Å². The smallest absolute Gasteiger partial charge is 0.281 e. The Morgan fingerprint density at radius 3 is 2.78 bits per heavy atom. The van der Waals surface area contributed by atoms with Crippen LogP contribution in [0.2, 0.25) is 0 Å². The van der Waals surface area contributed by atoms with E-state index in [9.17, 15) is 4.79 Å². The van der Waals surface area contributed by atoms with Gasteiger partial charge in [0.1, 0.15) is 5.01 Å². The molecule has 0 radical (unpaired) electrons. The fourth-order valence-electron chi connectivity index (χ4n) is 2.96. The Kier molecular flexibility index (Phi) is 3.66. The average Bonchev–Trinajstić information content (AvgIpc) is 3.02. The molecule has 1 saturated heterocycles. The molecule has 1 aliphatic rings. The molecule has 0 atom stereocenters. The lowest BCUT2D eigenvalue weighted by Gasteiger charge is -2.29. The van der Waals surface area contributed by atoms with Gasteiger partial charge in [0.25, 0.3) is 5.56 Å². The van der Waals surface area contributed by atoms with Gasteiger partial charge in [-0.3, -0.25) is 14.3 Å². The molecule has 4 rings (SSSR count). The molecule has 0 unspecified atom stereocenters. The highest BCUT2D eigenvalue weighted by atomic mass is 32.1. The van der Waals surface area contributed by atoms with E-state index in [4.69, 9.17) is 0 Å². The summed E-state index contributed by atoms with van der Waals surface area (Å²) in [4.78, 5) is 29.0. The topological polar surface area (TPSA) is 63.9 Å². The molecule has 23 heavy (non-hydrogen) atoms. The van der Waals surface area contributed by atoms with Crippen molar-refractivity contribution in [1.29, 1.82) is 0 Å². The maximum absolute atomic E-state index is 12.8. The number of aromatic nitrogens is 4. The van der Waals surface area contributed by atoms with Crippen LogP contribution in [0, 0.1) is 0 Å². The average molecular weight is 327 g/mol. The van der Waals surface area contributed by atoms with Crippen LogP contribution in [-0.4, -0.2) is 44.6 Å². The molecular formula is C16H17N5OS. The van der Waals surface area contributed by atoms with Gasteiger partial charge < -0.3 is 4.90 Å². The van der Waals surface area contributed by atoms with Crippen molar-refractivity contribution in [2.75, 3.05) is 20.1 Å². The molecule has 0 aromatic carbocycles. The minimum Gasteiger partial charge on any atom is -0.306 e. The quantitative estimate of drug-likeness (QED) is 0.722. The number of thiazole rings is 1. The van der Waals surface area contributed by atoms with Crippen LogP contribution in [0.25, 0.3) is 21.0 Å². The molecule has 7 heteroatoms. The molecule has 118 valence electrons. The van der Waals surface area contributed by atoms with Crippen molar-refractivity contribution in [2.24, 2.45) is 0 Å². The summed E-state index contributed by atoms with van der Waals surface area (Å²) < 4.78 is 1.76. The number of likely N-dealkylation sites (tertiary alicyclic amines) is 1. The Labute approximate surface area is 137 Å². The number of hydrogen-bond donors (Lipinski definition) is 0. The summed E-state index contributed by atoms with van der Waals surface area (Å²) in [6, 6.07) is 5.89. The number of pyridine rings is 1.